The molecule has 0 aliphatic rings. The van der Waals surface area contributed by atoms with E-state index in [0.717, 1.165) is 17.0 Å². The molecule has 0 bridgehead atoms. The third-order valence-corrected chi connectivity index (χ3v) is 4.18. The number of halogens is 3. The van der Waals surface area contributed by atoms with Crippen molar-refractivity contribution in [1.29, 1.82) is 0 Å². The Morgan fingerprint density at radius 2 is 2.05 bits per heavy atom. The van der Waals surface area contributed by atoms with Crippen molar-refractivity contribution in [1.82, 2.24) is 0 Å². The van der Waals surface area contributed by atoms with Gasteiger partial charge in [-0.15, -0.1) is 11.3 Å². The van der Waals surface area contributed by atoms with Crippen molar-refractivity contribution in [3.63, 3.8) is 0 Å². The van der Waals surface area contributed by atoms with E-state index < -0.39 is 17.7 Å². The minimum Gasteiger partial charge on any atom is -0.480 e. The minimum atomic E-state index is -0.749. The topological polar surface area (TPSA) is 35.2 Å². The van der Waals surface area contributed by atoms with Gasteiger partial charge in [-0.1, -0.05) is 18.5 Å². The van der Waals surface area contributed by atoms with Gasteiger partial charge in [0.15, 0.2) is 11.6 Å². The highest BCUT2D eigenvalue weighted by molar-refractivity contribution is 7.16. The number of nitrogens with two attached hydrogens (primary N) is 1. The second-order valence-electron chi connectivity index (χ2n) is 4.33. The fourth-order valence-corrected chi connectivity index (χ4v) is 2.93. The fourth-order valence-electron chi connectivity index (χ4n) is 1.76. The van der Waals surface area contributed by atoms with Crippen molar-refractivity contribution < 1.29 is 13.5 Å². The van der Waals surface area contributed by atoms with Gasteiger partial charge in [-0.3, -0.25) is 0 Å². The third-order valence-electron chi connectivity index (χ3n) is 2.88. The van der Waals surface area contributed by atoms with Crippen LogP contribution in [0.5, 0.6) is 5.75 Å². The maximum Gasteiger partial charge on any atom is 0.168 e. The van der Waals surface area contributed by atoms with Gasteiger partial charge >= 0.3 is 0 Å². The largest absolute Gasteiger partial charge is 0.480 e. The molecule has 1 heterocycles. The van der Waals surface area contributed by atoms with Crippen molar-refractivity contribution in [2.45, 2.75) is 25.5 Å². The quantitative estimate of drug-likeness (QED) is 0.879. The van der Waals surface area contributed by atoms with Crippen LogP contribution in [0.25, 0.3) is 0 Å². The van der Waals surface area contributed by atoms with E-state index in [4.69, 9.17) is 22.1 Å². The molecule has 1 aromatic heterocycles. The molecule has 0 spiro atoms. The van der Waals surface area contributed by atoms with Gasteiger partial charge in [-0.25, -0.2) is 8.78 Å². The molecule has 0 aliphatic carbocycles. The number of ether oxygens (including phenoxy) is 1. The first kappa shape index (κ1) is 15.2. The standard InChI is InChI=1S/C14H14ClF2NOS/c1-2-10(18)14(12-5-6-13(15)20-12)19-11-4-3-8(16)7-9(11)17/h3-7,10,14H,2,18H2,1H3. The molecule has 0 aliphatic heterocycles. The zero-order valence-corrected chi connectivity index (χ0v) is 12.3. The Morgan fingerprint density at radius 1 is 1.30 bits per heavy atom. The van der Waals surface area contributed by atoms with Crippen LogP contribution in [0, 0.1) is 11.6 Å². The van der Waals surface area contributed by atoms with Crippen molar-refractivity contribution in [2.75, 3.05) is 0 Å². The van der Waals surface area contributed by atoms with Gasteiger partial charge in [0, 0.05) is 17.0 Å². The molecule has 2 atom stereocenters. The Bertz CT molecular complexity index is 590. The van der Waals surface area contributed by atoms with E-state index in [9.17, 15) is 8.78 Å². The predicted octanol–water partition coefficient (Wildman–Crippen LogP) is 4.54. The first-order chi connectivity index (χ1) is 9.51. The molecule has 2 nitrogen and oxygen atoms in total. The van der Waals surface area contributed by atoms with E-state index >= 15 is 0 Å². The predicted molar refractivity (Wildman–Crippen MR) is 77.3 cm³/mol. The van der Waals surface area contributed by atoms with Crippen LogP contribution in [-0.2, 0) is 0 Å². The zero-order chi connectivity index (χ0) is 14.7. The molecule has 0 saturated heterocycles. The van der Waals surface area contributed by atoms with Crippen molar-refractivity contribution >= 4 is 22.9 Å². The molecule has 0 saturated carbocycles. The first-order valence-corrected chi connectivity index (χ1v) is 7.33. The van der Waals surface area contributed by atoms with Crippen molar-refractivity contribution in [2.24, 2.45) is 5.73 Å². The van der Waals surface area contributed by atoms with Crippen LogP contribution in [0.3, 0.4) is 0 Å². The molecule has 6 heteroatoms. The minimum absolute atomic E-state index is 0.0233. The molecule has 0 fully saturated rings. The van der Waals surface area contributed by atoms with Gasteiger partial charge in [0.25, 0.3) is 0 Å². The molecule has 0 amide bonds. The maximum absolute atomic E-state index is 13.7. The van der Waals surface area contributed by atoms with Crippen molar-refractivity contribution in [3.05, 3.63) is 51.2 Å². The van der Waals surface area contributed by atoms with E-state index in [2.05, 4.69) is 0 Å². The Morgan fingerprint density at radius 3 is 2.60 bits per heavy atom. The molecule has 2 aromatic rings. The average Bonchev–Trinajstić information content (AvgIpc) is 2.83. The highest BCUT2D eigenvalue weighted by atomic mass is 35.5. The molecule has 2 rings (SSSR count). The molecular weight excluding hydrogens is 304 g/mol. The highest BCUT2D eigenvalue weighted by Crippen LogP contribution is 2.33. The van der Waals surface area contributed by atoms with E-state index in [-0.39, 0.29) is 11.8 Å². The fraction of sp³-hybridized carbons (Fsp3) is 0.286. The summed E-state index contributed by atoms with van der Waals surface area (Å²) in [5.41, 5.74) is 6.03. The second kappa shape index (κ2) is 6.52. The SMILES string of the molecule is CCC(N)C(Oc1ccc(F)cc1F)c1ccc(Cl)s1. The number of thiophene rings is 1. The number of hydrogen-bond donors (Lipinski definition) is 1. The molecule has 1 aromatic carbocycles. The number of hydrogen-bond acceptors (Lipinski definition) is 3. The lowest BCUT2D eigenvalue weighted by molar-refractivity contribution is 0.167. The van der Waals surface area contributed by atoms with Gasteiger partial charge in [0.2, 0.25) is 0 Å². The van der Waals surface area contributed by atoms with Crippen LogP contribution in [-0.4, -0.2) is 6.04 Å². The lowest BCUT2D eigenvalue weighted by Crippen LogP contribution is -2.31. The summed E-state index contributed by atoms with van der Waals surface area (Å²) in [5.74, 6) is -1.42. The molecule has 108 valence electrons. The Kier molecular flexibility index (Phi) is 4.96. The highest BCUT2D eigenvalue weighted by Gasteiger charge is 2.23. The van der Waals surface area contributed by atoms with Gasteiger partial charge in [0.1, 0.15) is 11.9 Å². The summed E-state index contributed by atoms with van der Waals surface area (Å²) in [4.78, 5) is 0.813. The van der Waals surface area contributed by atoms with E-state index in [1.807, 2.05) is 6.92 Å². The summed E-state index contributed by atoms with van der Waals surface area (Å²) in [6, 6.07) is 6.42. The van der Waals surface area contributed by atoms with Crippen LogP contribution in [0.2, 0.25) is 4.34 Å². The zero-order valence-electron chi connectivity index (χ0n) is 10.8. The van der Waals surface area contributed by atoms with Crippen LogP contribution in [0.1, 0.15) is 24.3 Å². The monoisotopic (exact) mass is 317 g/mol. The van der Waals surface area contributed by atoms with Gasteiger partial charge in [-0.05, 0) is 30.7 Å². The van der Waals surface area contributed by atoms with Crippen LogP contribution < -0.4 is 10.5 Å². The molecular formula is C14H14ClF2NOS. The molecule has 0 radical (unpaired) electrons. The van der Waals surface area contributed by atoms with Gasteiger partial charge in [-0.2, -0.15) is 0 Å². The summed E-state index contributed by atoms with van der Waals surface area (Å²) in [7, 11) is 0. The van der Waals surface area contributed by atoms with Crippen molar-refractivity contribution in [3.8, 4) is 5.75 Å². The van der Waals surface area contributed by atoms with Crippen LogP contribution in [0.4, 0.5) is 8.78 Å². The summed E-state index contributed by atoms with van der Waals surface area (Å²) < 4.78 is 32.8. The normalized spacial score (nSPS) is 14.1. The summed E-state index contributed by atoms with van der Waals surface area (Å²) in [6.07, 6.45) is 0.140. The van der Waals surface area contributed by atoms with Gasteiger partial charge < -0.3 is 10.5 Å². The molecule has 2 N–H and O–H groups in total. The number of rotatable bonds is 5. The summed E-state index contributed by atoms with van der Waals surface area (Å²) in [6.45, 7) is 1.91. The smallest absolute Gasteiger partial charge is 0.168 e. The summed E-state index contributed by atoms with van der Waals surface area (Å²) >= 11 is 7.24. The maximum atomic E-state index is 13.7. The lowest BCUT2D eigenvalue weighted by atomic mass is 10.1. The van der Waals surface area contributed by atoms with Crippen LogP contribution >= 0.6 is 22.9 Å². The average molecular weight is 318 g/mol. The Hall–Kier alpha value is -1.17. The van der Waals surface area contributed by atoms with E-state index in [1.165, 1.54) is 17.4 Å². The third kappa shape index (κ3) is 3.48. The van der Waals surface area contributed by atoms with E-state index in [0.29, 0.717) is 10.8 Å². The Labute approximate surface area is 125 Å². The Balaban J connectivity index is 2.28. The molecule has 20 heavy (non-hydrogen) atoms. The number of benzene rings is 1. The lowest BCUT2D eigenvalue weighted by Gasteiger charge is -2.23. The van der Waals surface area contributed by atoms with Crippen LogP contribution in [0.15, 0.2) is 30.3 Å². The second-order valence-corrected chi connectivity index (χ2v) is 6.07. The first-order valence-electron chi connectivity index (χ1n) is 6.13. The van der Waals surface area contributed by atoms with Gasteiger partial charge in [0.05, 0.1) is 4.34 Å². The molecule has 2 unspecified atom stereocenters. The summed E-state index contributed by atoms with van der Waals surface area (Å²) in [5, 5.41) is 0. The van der Waals surface area contributed by atoms with E-state index in [1.54, 1.807) is 12.1 Å².